The number of rotatable bonds is 7. The molecule has 0 spiro atoms. The van der Waals surface area contributed by atoms with Gasteiger partial charge in [0.05, 0.1) is 0 Å². The summed E-state index contributed by atoms with van der Waals surface area (Å²) in [7, 11) is 0. The van der Waals surface area contributed by atoms with E-state index in [0.29, 0.717) is 5.75 Å². The van der Waals surface area contributed by atoms with Crippen LogP contribution < -0.4 is 0 Å². The van der Waals surface area contributed by atoms with E-state index in [1.54, 1.807) is 6.07 Å². The van der Waals surface area contributed by atoms with Crippen LogP contribution in [0.5, 0.6) is 5.75 Å². The van der Waals surface area contributed by atoms with Crippen LogP contribution in [-0.2, 0) is 19.6 Å². The molecule has 3 heteroatoms. The molecule has 1 aromatic heterocycles. The molecule has 0 atom stereocenters. The Kier molecular flexibility index (Phi) is 5.22. The van der Waals surface area contributed by atoms with E-state index in [4.69, 9.17) is 0 Å². The van der Waals surface area contributed by atoms with E-state index in [2.05, 4.69) is 82.4 Å². The van der Waals surface area contributed by atoms with Crippen molar-refractivity contribution in [1.29, 1.82) is 0 Å². The fourth-order valence-electron chi connectivity index (χ4n) is 3.53. The zero-order valence-electron chi connectivity index (χ0n) is 15.3. The lowest BCUT2D eigenvalue weighted by Crippen LogP contribution is -2.26. The molecule has 3 aromatic carbocycles. The topological polar surface area (TPSA) is 28.4 Å². The minimum absolute atomic E-state index is 0.315. The summed E-state index contributed by atoms with van der Waals surface area (Å²) >= 11 is 0. The van der Waals surface area contributed by atoms with Crippen molar-refractivity contribution in [2.24, 2.45) is 0 Å². The molecule has 0 saturated heterocycles. The Labute approximate surface area is 160 Å². The molecule has 0 unspecified atom stereocenters. The van der Waals surface area contributed by atoms with Gasteiger partial charge in [-0.15, -0.1) is 0 Å². The summed E-state index contributed by atoms with van der Waals surface area (Å²) in [5, 5.41) is 10.7. The highest BCUT2D eigenvalue weighted by atomic mass is 16.3. The molecule has 1 N–H and O–H groups in total. The summed E-state index contributed by atoms with van der Waals surface area (Å²) in [6, 6.07) is 28.9. The van der Waals surface area contributed by atoms with Crippen molar-refractivity contribution < 1.29 is 5.11 Å². The van der Waals surface area contributed by atoms with E-state index in [1.165, 1.54) is 11.1 Å². The largest absolute Gasteiger partial charge is 0.508 e. The number of fused-ring (bicyclic) bond motifs is 1. The predicted octanol–water partition coefficient (Wildman–Crippen LogP) is 5.05. The van der Waals surface area contributed by atoms with Gasteiger partial charge in [0.2, 0.25) is 0 Å². The third-order valence-electron chi connectivity index (χ3n) is 4.91. The Morgan fingerprint density at radius 1 is 0.741 bits per heavy atom. The number of aromatic nitrogens is 1. The molecule has 136 valence electrons. The molecule has 27 heavy (non-hydrogen) atoms. The van der Waals surface area contributed by atoms with Crippen LogP contribution in [0.25, 0.3) is 10.9 Å². The number of phenols is 1. The first-order chi connectivity index (χ1) is 13.3. The fourth-order valence-corrected chi connectivity index (χ4v) is 3.53. The maximum absolute atomic E-state index is 9.67. The lowest BCUT2D eigenvalue weighted by atomic mass is 10.1. The first-order valence-electron chi connectivity index (χ1n) is 9.36. The van der Waals surface area contributed by atoms with Crippen LogP contribution in [0.4, 0.5) is 0 Å². The second-order valence-electron chi connectivity index (χ2n) is 6.93. The molecule has 1 heterocycles. The molecule has 0 aliphatic carbocycles. The molecule has 0 fully saturated rings. The van der Waals surface area contributed by atoms with Gasteiger partial charge in [0.25, 0.3) is 0 Å². The Morgan fingerprint density at radius 3 is 2.00 bits per heavy atom. The van der Waals surface area contributed by atoms with Crippen LogP contribution in [0.2, 0.25) is 0 Å². The van der Waals surface area contributed by atoms with Crippen molar-refractivity contribution in [2.75, 3.05) is 6.54 Å². The molecule has 0 bridgehead atoms. The average Bonchev–Trinajstić information content (AvgIpc) is 3.10. The second kappa shape index (κ2) is 8.11. The number of phenolic OH excluding ortho intramolecular Hbond substituents is 1. The Hall–Kier alpha value is -3.04. The molecule has 0 saturated carbocycles. The summed E-state index contributed by atoms with van der Waals surface area (Å²) in [5.41, 5.74) is 3.82. The molecule has 0 aliphatic heterocycles. The monoisotopic (exact) mass is 356 g/mol. The number of hydrogen-bond acceptors (Lipinski definition) is 2. The van der Waals surface area contributed by atoms with Crippen LogP contribution in [0.3, 0.4) is 0 Å². The minimum Gasteiger partial charge on any atom is -0.508 e. The molecule has 0 amide bonds. The summed E-state index contributed by atoms with van der Waals surface area (Å²) in [6.07, 6.45) is 2.10. The van der Waals surface area contributed by atoms with Gasteiger partial charge in [-0.2, -0.15) is 0 Å². The van der Waals surface area contributed by atoms with E-state index in [0.717, 1.165) is 37.1 Å². The zero-order valence-corrected chi connectivity index (χ0v) is 15.3. The third kappa shape index (κ3) is 4.39. The Balaban J connectivity index is 1.51. The van der Waals surface area contributed by atoms with Gasteiger partial charge in [-0.3, -0.25) is 4.90 Å². The lowest BCUT2D eigenvalue weighted by molar-refractivity contribution is 0.247. The van der Waals surface area contributed by atoms with Crippen LogP contribution in [-0.4, -0.2) is 21.1 Å². The second-order valence-corrected chi connectivity index (χ2v) is 6.93. The standard InChI is InChI=1S/C24H24N2O/c27-23-11-12-24-22(17-23)13-14-26(24)16-15-25(18-20-7-3-1-4-8-20)19-21-9-5-2-6-10-21/h1-14,17,27H,15-16,18-19H2. The lowest BCUT2D eigenvalue weighted by Gasteiger charge is -2.23. The highest BCUT2D eigenvalue weighted by molar-refractivity contribution is 5.81. The molecular weight excluding hydrogens is 332 g/mol. The highest BCUT2D eigenvalue weighted by Gasteiger charge is 2.09. The van der Waals surface area contributed by atoms with E-state index >= 15 is 0 Å². The Morgan fingerprint density at radius 2 is 1.37 bits per heavy atom. The fraction of sp³-hybridized carbons (Fsp3) is 0.167. The van der Waals surface area contributed by atoms with E-state index in [-0.39, 0.29) is 0 Å². The number of hydrogen-bond donors (Lipinski definition) is 1. The number of aromatic hydroxyl groups is 1. The van der Waals surface area contributed by atoms with Gasteiger partial charge in [-0.25, -0.2) is 0 Å². The van der Waals surface area contributed by atoms with Crippen molar-refractivity contribution in [3.05, 3.63) is 102 Å². The molecule has 0 radical (unpaired) electrons. The summed E-state index contributed by atoms with van der Waals surface area (Å²) in [6.45, 7) is 3.72. The van der Waals surface area contributed by atoms with Crippen LogP contribution in [0.1, 0.15) is 11.1 Å². The van der Waals surface area contributed by atoms with Gasteiger partial charge >= 0.3 is 0 Å². The van der Waals surface area contributed by atoms with Crippen molar-refractivity contribution in [2.45, 2.75) is 19.6 Å². The molecule has 0 aliphatic rings. The number of nitrogens with zero attached hydrogens (tertiary/aromatic N) is 2. The maximum atomic E-state index is 9.67. The smallest absolute Gasteiger partial charge is 0.116 e. The summed E-state index contributed by atoms with van der Waals surface area (Å²) in [5.74, 6) is 0.315. The van der Waals surface area contributed by atoms with E-state index < -0.39 is 0 Å². The third-order valence-corrected chi connectivity index (χ3v) is 4.91. The maximum Gasteiger partial charge on any atom is 0.116 e. The van der Waals surface area contributed by atoms with Gasteiger partial charge in [0.1, 0.15) is 5.75 Å². The summed E-state index contributed by atoms with van der Waals surface area (Å²) in [4.78, 5) is 2.48. The first-order valence-corrected chi connectivity index (χ1v) is 9.36. The minimum atomic E-state index is 0.315. The normalized spacial score (nSPS) is 11.3. The van der Waals surface area contributed by atoms with Gasteiger partial charge in [-0.05, 0) is 35.4 Å². The summed E-state index contributed by atoms with van der Waals surface area (Å²) < 4.78 is 2.26. The molecule has 4 rings (SSSR count). The van der Waals surface area contributed by atoms with E-state index in [1.807, 2.05) is 12.1 Å². The van der Waals surface area contributed by atoms with Crippen molar-refractivity contribution in [3.8, 4) is 5.75 Å². The van der Waals surface area contributed by atoms with Crippen molar-refractivity contribution in [3.63, 3.8) is 0 Å². The SMILES string of the molecule is Oc1ccc2c(ccn2CCN(Cc2ccccc2)Cc2ccccc2)c1. The van der Waals surface area contributed by atoms with E-state index in [9.17, 15) is 5.11 Å². The van der Waals surface area contributed by atoms with Gasteiger partial charge in [-0.1, -0.05) is 60.7 Å². The quantitative estimate of drug-likeness (QED) is 0.502. The predicted molar refractivity (Wildman–Crippen MR) is 111 cm³/mol. The van der Waals surface area contributed by atoms with Crippen molar-refractivity contribution in [1.82, 2.24) is 9.47 Å². The van der Waals surface area contributed by atoms with Crippen LogP contribution in [0.15, 0.2) is 91.1 Å². The van der Waals surface area contributed by atoms with Crippen LogP contribution in [0, 0.1) is 0 Å². The molecule has 3 nitrogen and oxygen atoms in total. The first kappa shape index (κ1) is 17.4. The Bertz CT molecular complexity index is 951. The number of benzene rings is 3. The van der Waals surface area contributed by atoms with Gasteiger partial charge < -0.3 is 9.67 Å². The zero-order chi connectivity index (χ0) is 18.5. The van der Waals surface area contributed by atoms with Crippen molar-refractivity contribution >= 4 is 10.9 Å². The van der Waals surface area contributed by atoms with Crippen LogP contribution >= 0.6 is 0 Å². The van der Waals surface area contributed by atoms with Gasteiger partial charge in [0, 0.05) is 43.3 Å². The highest BCUT2D eigenvalue weighted by Crippen LogP contribution is 2.21. The van der Waals surface area contributed by atoms with Gasteiger partial charge in [0.15, 0.2) is 0 Å². The average molecular weight is 356 g/mol. The molecular formula is C24H24N2O. The molecule has 4 aromatic rings.